The lowest BCUT2D eigenvalue weighted by Gasteiger charge is -2.37. The molecule has 2 aromatic rings. The van der Waals surface area contributed by atoms with E-state index in [0.717, 1.165) is 17.7 Å². The zero-order chi connectivity index (χ0) is 16.4. The fraction of sp³-hybridized carbons (Fsp3) is 0.368. The Balaban J connectivity index is 1.94. The molecule has 0 saturated heterocycles. The zero-order valence-corrected chi connectivity index (χ0v) is 14.6. The van der Waals surface area contributed by atoms with Crippen LogP contribution >= 0.6 is 23.2 Å². The van der Waals surface area contributed by atoms with Crippen LogP contribution in [0.25, 0.3) is 0 Å². The van der Waals surface area contributed by atoms with Crippen LogP contribution in [-0.4, -0.2) is 11.7 Å². The van der Waals surface area contributed by atoms with Gasteiger partial charge in [0, 0.05) is 10.0 Å². The van der Waals surface area contributed by atoms with E-state index in [4.69, 9.17) is 23.2 Å². The smallest absolute Gasteiger partial charge is 0.101 e. The van der Waals surface area contributed by atoms with Gasteiger partial charge in [-0.1, -0.05) is 47.5 Å². The molecular weight excluding hydrogens is 329 g/mol. The SMILES string of the molecule is C[C@@](NCC1CC1)(c1ccc(Cl)cc1)[C@@H](O)c1cccc(Cl)c1. The van der Waals surface area contributed by atoms with Gasteiger partial charge in [-0.05, 0) is 67.6 Å². The lowest BCUT2D eigenvalue weighted by atomic mass is 9.82. The molecule has 2 N–H and O–H groups in total. The number of aliphatic hydroxyl groups is 1. The fourth-order valence-electron chi connectivity index (χ4n) is 2.84. The van der Waals surface area contributed by atoms with Crippen molar-refractivity contribution in [3.8, 4) is 0 Å². The maximum Gasteiger partial charge on any atom is 0.101 e. The molecule has 1 aliphatic rings. The molecule has 0 bridgehead atoms. The third kappa shape index (κ3) is 3.89. The average molecular weight is 350 g/mol. The van der Waals surface area contributed by atoms with Crippen molar-refractivity contribution in [3.63, 3.8) is 0 Å². The van der Waals surface area contributed by atoms with Crippen LogP contribution < -0.4 is 5.32 Å². The molecule has 0 unspecified atom stereocenters. The Kier molecular flexibility index (Phi) is 4.98. The first-order valence-corrected chi connectivity index (χ1v) is 8.69. The van der Waals surface area contributed by atoms with Gasteiger partial charge in [0.15, 0.2) is 0 Å². The van der Waals surface area contributed by atoms with E-state index in [1.807, 2.05) is 55.5 Å². The van der Waals surface area contributed by atoms with Crippen LogP contribution in [0.15, 0.2) is 48.5 Å². The minimum atomic E-state index is -0.707. The van der Waals surface area contributed by atoms with Crippen LogP contribution in [-0.2, 0) is 5.54 Å². The van der Waals surface area contributed by atoms with E-state index >= 15 is 0 Å². The third-order valence-electron chi connectivity index (χ3n) is 4.61. The standard InChI is InChI=1S/C19H21Cl2NO/c1-19(22-12-13-5-6-13,15-7-9-16(20)10-8-15)18(23)14-3-2-4-17(21)11-14/h2-4,7-11,13,18,22-23H,5-6,12H2,1H3/t18-,19+/m0/s1. The summed E-state index contributed by atoms with van der Waals surface area (Å²) in [5.41, 5.74) is 1.21. The summed E-state index contributed by atoms with van der Waals surface area (Å²) in [4.78, 5) is 0. The van der Waals surface area contributed by atoms with Crippen LogP contribution in [0.3, 0.4) is 0 Å². The fourth-order valence-corrected chi connectivity index (χ4v) is 3.17. The maximum absolute atomic E-state index is 11.1. The molecular formula is C19H21Cl2NO. The molecule has 0 heterocycles. The summed E-state index contributed by atoms with van der Waals surface area (Å²) in [7, 11) is 0. The number of rotatable bonds is 6. The minimum absolute atomic E-state index is 0.599. The second-order valence-corrected chi connectivity index (χ2v) is 7.36. The monoisotopic (exact) mass is 349 g/mol. The summed E-state index contributed by atoms with van der Waals surface area (Å²) < 4.78 is 0. The lowest BCUT2D eigenvalue weighted by molar-refractivity contribution is 0.0666. The topological polar surface area (TPSA) is 32.3 Å². The van der Waals surface area contributed by atoms with E-state index in [9.17, 15) is 5.11 Å². The first-order valence-electron chi connectivity index (χ1n) is 7.93. The molecule has 4 heteroatoms. The van der Waals surface area contributed by atoms with Gasteiger partial charge in [-0.25, -0.2) is 0 Å². The second kappa shape index (κ2) is 6.82. The third-order valence-corrected chi connectivity index (χ3v) is 5.10. The highest BCUT2D eigenvalue weighted by Gasteiger charge is 2.37. The highest BCUT2D eigenvalue weighted by atomic mass is 35.5. The molecule has 0 spiro atoms. The number of aliphatic hydroxyl groups excluding tert-OH is 1. The molecule has 1 saturated carbocycles. The van der Waals surface area contributed by atoms with Crippen LogP contribution in [0.1, 0.15) is 37.0 Å². The van der Waals surface area contributed by atoms with E-state index in [2.05, 4.69) is 5.32 Å². The molecule has 122 valence electrons. The second-order valence-electron chi connectivity index (χ2n) is 6.49. The quantitative estimate of drug-likeness (QED) is 0.773. The van der Waals surface area contributed by atoms with Crippen molar-refractivity contribution in [1.29, 1.82) is 0 Å². The number of hydrogen-bond acceptors (Lipinski definition) is 2. The molecule has 2 nitrogen and oxygen atoms in total. The number of benzene rings is 2. The van der Waals surface area contributed by atoms with E-state index in [1.165, 1.54) is 12.8 Å². The molecule has 0 aromatic heterocycles. The van der Waals surface area contributed by atoms with Crippen molar-refractivity contribution >= 4 is 23.2 Å². The largest absolute Gasteiger partial charge is 0.386 e. The predicted octanol–water partition coefficient (Wildman–Crippen LogP) is 4.94. The normalized spacial score (nSPS) is 18.4. The van der Waals surface area contributed by atoms with E-state index in [1.54, 1.807) is 0 Å². The van der Waals surface area contributed by atoms with E-state index in [0.29, 0.717) is 16.0 Å². The van der Waals surface area contributed by atoms with Gasteiger partial charge in [0.05, 0.1) is 5.54 Å². The van der Waals surface area contributed by atoms with Gasteiger partial charge < -0.3 is 10.4 Å². The van der Waals surface area contributed by atoms with Crippen molar-refractivity contribution in [1.82, 2.24) is 5.32 Å². The Bertz CT molecular complexity index is 669. The predicted molar refractivity (Wildman–Crippen MR) is 95.9 cm³/mol. The molecule has 2 aromatic carbocycles. The zero-order valence-electron chi connectivity index (χ0n) is 13.1. The van der Waals surface area contributed by atoms with Crippen molar-refractivity contribution < 1.29 is 5.11 Å². The van der Waals surface area contributed by atoms with Crippen molar-refractivity contribution in [2.24, 2.45) is 5.92 Å². The van der Waals surface area contributed by atoms with Crippen molar-refractivity contribution in [2.45, 2.75) is 31.4 Å². The summed E-state index contributed by atoms with van der Waals surface area (Å²) in [5.74, 6) is 0.716. The molecule has 0 aliphatic heterocycles. The first kappa shape index (κ1) is 16.8. The van der Waals surface area contributed by atoms with E-state index in [-0.39, 0.29) is 0 Å². The molecule has 1 aliphatic carbocycles. The van der Waals surface area contributed by atoms with Crippen LogP contribution in [0.5, 0.6) is 0 Å². The molecule has 2 atom stereocenters. The number of nitrogens with one attached hydrogen (secondary N) is 1. The van der Waals surface area contributed by atoms with Crippen LogP contribution in [0, 0.1) is 5.92 Å². The van der Waals surface area contributed by atoms with Crippen molar-refractivity contribution in [3.05, 3.63) is 69.7 Å². The summed E-state index contributed by atoms with van der Waals surface area (Å²) in [5, 5.41) is 16.0. The molecule has 3 rings (SSSR count). The highest BCUT2D eigenvalue weighted by molar-refractivity contribution is 6.30. The van der Waals surface area contributed by atoms with Gasteiger partial charge in [-0.2, -0.15) is 0 Å². The van der Waals surface area contributed by atoms with Gasteiger partial charge in [0.1, 0.15) is 6.10 Å². The summed E-state index contributed by atoms with van der Waals surface area (Å²) in [6.07, 6.45) is 1.81. The summed E-state index contributed by atoms with van der Waals surface area (Å²) in [6.45, 7) is 2.93. The Labute approximate surface area is 147 Å². The number of hydrogen-bond donors (Lipinski definition) is 2. The highest BCUT2D eigenvalue weighted by Crippen LogP contribution is 2.38. The van der Waals surface area contributed by atoms with E-state index < -0.39 is 11.6 Å². The lowest BCUT2D eigenvalue weighted by Crippen LogP contribution is -2.45. The molecule has 0 amide bonds. The Morgan fingerprint density at radius 1 is 1.13 bits per heavy atom. The van der Waals surface area contributed by atoms with Crippen molar-refractivity contribution in [2.75, 3.05) is 6.54 Å². The molecule has 1 fully saturated rings. The molecule has 0 radical (unpaired) electrons. The van der Waals surface area contributed by atoms with Gasteiger partial charge in [0.2, 0.25) is 0 Å². The van der Waals surface area contributed by atoms with Gasteiger partial charge >= 0.3 is 0 Å². The maximum atomic E-state index is 11.1. The molecule has 23 heavy (non-hydrogen) atoms. The summed E-state index contributed by atoms with van der Waals surface area (Å²) in [6, 6.07) is 15.1. The van der Waals surface area contributed by atoms with Crippen LogP contribution in [0.4, 0.5) is 0 Å². The Morgan fingerprint density at radius 2 is 1.83 bits per heavy atom. The van der Waals surface area contributed by atoms with Gasteiger partial charge in [-0.15, -0.1) is 0 Å². The van der Waals surface area contributed by atoms with Gasteiger partial charge in [-0.3, -0.25) is 0 Å². The Morgan fingerprint density at radius 3 is 2.43 bits per heavy atom. The first-order chi connectivity index (χ1) is 11.0. The number of halogens is 2. The van der Waals surface area contributed by atoms with Crippen LogP contribution in [0.2, 0.25) is 10.0 Å². The Hall–Kier alpha value is -1.06. The van der Waals surface area contributed by atoms with Gasteiger partial charge in [0.25, 0.3) is 0 Å². The average Bonchev–Trinajstić information content (AvgIpc) is 3.37. The summed E-state index contributed by atoms with van der Waals surface area (Å²) >= 11 is 12.1. The minimum Gasteiger partial charge on any atom is -0.386 e.